The lowest BCUT2D eigenvalue weighted by atomic mass is 10.2. The second-order valence-corrected chi connectivity index (χ2v) is 5.93. The van der Waals surface area contributed by atoms with Crippen LogP contribution >= 0.6 is 11.3 Å². The molecule has 22 heavy (non-hydrogen) atoms. The lowest BCUT2D eigenvalue weighted by Gasteiger charge is -2.07. The van der Waals surface area contributed by atoms with Crippen LogP contribution in [0.5, 0.6) is 0 Å². The van der Waals surface area contributed by atoms with Crippen molar-refractivity contribution < 1.29 is 14.0 Å². The van der Waals surface area contributed by atoms with Gasteiger partial charge in [0.15, 0.2) is 16.6 Å². The van der Waals surface area contributed by atoms with Gasteiger partial charge < -0.3 is 4.90 Å². The van der Waals surface area contributed by atoms with Gasteiger partial charge >= 0.3 is 0 Å². The average molecular weight is 322 g/mol. The molecule has 2 aromatic rings. The quantitative estimate of drug-likeness (QED) is 0.940. The maximum absolute atomic E-state index is 13.7. The minimum absolute atomic E-state index is 0.199. The summed E-state index contributed by atoms with van der Waals surface area (Å²) >= 11 is 1.04. The van der Waals surface area contributed by atoms with Crippen molar-refractivity contribution in [2.24, 2.45) is 0 Å². The Morgan fingerprint density at radius 3 is 2.59 bits per heavy atom. The number of pyridine rings is 1. The number of halogens is 1. The average Bonchev–Trinajstić information content (AvgIpc) is 2.78. The molecular weight excluding hydrogens is 307 g/mol. The van der Waals surface area contributed by atoms with Crippen LogP contribution in [-0.4, -0.2) is 40.8 Å². The smallest absolute Gasteiger partial charge is 0.279 e. The molecule has 0 atom stereocenters. The molecule has 0 aromatic carbocycles. The van der Waals surface area contributed by atoms with Crippen LogP contribution < -0.4 is 5.32 Å². The van der Waals surface area contributed by atoms with E-state index in [0.717, 1.165) is 11.3 Å². The van der Waals surface area contributed by atoms with Crippen LogP contribution in [0.25, 0.3) is 0 Å². The van der Waals surface area contributed by atoms with Crippen molar-refractivity contribution in [2.45, 2.75) is 13.8 Å². The van der Waals surface area contributed by atoms with Crippen molar-refractivity contribution in [1.82, 2.24) is 14.9 Å². The minimum atomic E-state index is -0.699. The molecule has 0 unspecified atom stereocenters. The summed E-state index contributed by atoms with van der Waals surface area (Å²) < 4.78 is 13.7. The number of aromatic nitrogens is 2. The van der Waals surface area contributed by atoms with Crippen molar-refractivity contribution in [3.8, 4) is 0 Å². The first-order valence-corrected chi connectivity index (χ1v) is 7.24. The van der Waals surface area contributed by atoms with E-state index in [1.165, 1.54) is 17.2 Å². The zero-order valence-electron chi connectivity index (χ0n) is 12.6. The Labute approximate surface area is 131 Å². The number of carbonyl (C=O) groups is 2. The molecule has 1 N–H and O–H groups in total. The number of amides is 2. The molecule has 0 fully saturated rings. The SMILES string of the molecule is Cc1cnc(C(=O)Nc2nc(C)c(C(=O)N(C)C)s2)c(F)c1. The standard InChI is InChI=1S/C14H15FN4O2S/c1-7-5-9(15)10(16-6-7)12(20)18-14-17-8(2)11(22-14)13(21)19(3)4/h5-6H,1-4H3,(H,17,18,20). The van der Waals surface area contributed by atoms with E-state index < -0.39 is 11.7 Å². The number of rotatable bonds is 3. The van der Waals surface area contributed by atoms with Crippen molar-refractivity contribution in [3.63, 3.8) is 0 Å². The molecule has 0 aliphatic heterocycles. The first-order valence-electron chi connectivity index (χ1n) is 6.42. The lowest BCUT2D eigenvalue weighted by molar-refractivity contribution is 0.0831. The van der Waals surface area contributed by atoms with E-state index >= 15 is 0 Å². The van der Waals surface area contributed by atoms with Gasteiger partial charge in [0, 0.05) is 20.3 Å². The molecule has 2 heterocycles. The van der Waals surface area contributed by atoms with Gasteiger partial charge in [-0.3, -0.25) is 14.9 Å². The molecular formula is C14H15FN4O2S. The molecule has 0 bridgehead atoms. The van der Waals surface area contributed by atoms with Crippen LogP contribution in [-0.2, 0) is 0 Å². The van der Waals surface area contributed by atoms with E-state index in [1.54, 1.807) is 27.9 Å². The third-order valence-electron chi connectivity index (χ3n) is 2.81. The maximum Gasteiger partial charge on any atom is 0.279 e. The van der Waals surface area contributed by atoms with Crippen LogP contribution in [0.1, 0.15) is 31.4 Å². The van der Waals surface area contributed by atoms with E-state index in [-0.39, 0.29) is 16.7 Å². The van der Waals surface area contributed by atoms with Gasteiger partial charge in [-0.1, -0.05) is 11.3 Å². The molecule has 0 saturated carbocycles. The van der Waals surface area contributed by atoms with Gasteiger partial charge in [0.1, 0.15) is 4.88 Å². The van der Waals surface area contributed by atoms with Gasteiger partial charge in [-0.05, 0) is 25.5 Å². The topological polar surface area (TPSA) is 75.2 Å². The molecule has 0 aliphatic carbocycles. The summed E-state index contributed by atoms with van der Waals surface area (Å²) in [6.45, 7) is 3.36. The highest BCUT2D eigenvalue weighted by Gasteiger charge is 2.20. The van der Waals surface area contributed by atoms with Crippen molar-refractivity contribution in [2.75, 3.05) is 19.4 Å². The van der Waals surface area contributed by atoms with Crippen molar-refractivity contribution in [3.05, 3.63) is 39.9 Å². The predicted octanol–water partition coefficient (Wildman–Crippen LogP) is 2.25. The van der Waals surface area contributed by atoms with Gasteiger partial charge in [0.2, 0.25) is 0 Å². The first-order chi connectivity index (χ1) is 10.3. The van der Waals surface area contributed by atoms with Gasteiger partial charge in [-0.25, -0.2) is 14.4 Å². The molecule has 0 radical (unpaired) electrons. The Morgan fingerprint density at radius 2 is 2.00 bits per heavy atom. The summed E-state index contributed by atoms with van der Waals surface area (Å²) in [5, 5.41) is 2.70. The highest BCUT2D eigenvalue weighted by atomic mass is 32.1. The summed E-state index contributed by atoms with van der Waals surface area (Å²) in [6, 6.07) is 1.23. The Morgan fingerprint density at radius 1 is 1.32 bits per heavy atom. The van der Waals surface area contributed by atoms with Crippen LogP contribution in [0.15, 0.2) is 12.3 Å². The molecule has 2 amide bonds. The van der Waals surface area contributed by atoms with Crippen LogP contribution in [0.2, 0.25) is 0 Å². The fourth-order valence-corrected chi connectivity index (χ4v) is 2.69. The molecule has 8 heteroatoms. The zero-order valence-corrected chi connectivity index (χ0v) is 13.4. The zero-order chi connectivity index (χ0) is 16.4. The number of hydrogen-bond donors (Lipinski definition) is 1. The summed E-state index contributed by atoms with van der Waals surface area (Å²) in [4.78, 5) is 33.7. The Hall–Kier alpha value is -2.35. The number of nitrogens with one attached hydrogen (secondary N) is 1. The van der Waals surface area contributed by atoms with Crippen LogP contribution in [0.4, 0.5) is 9.52 Å². The number of thiazole rings is 1. The van der Waals surface area contributed by atoms with Gasteiger partial charge in [0.05, 0.1) is 5.69 Å². The number of aryl methyl sites for hydroxylation is 2. The molecule has 2 aromatic heterocycles. The second kappa shape index (κ2) is 6.18. The normalized spacial score (nSPS) is 10.4. The monoisotopic (exact) mass is 322 g/mol. The molecule has 116 valence electrons. The summed E-state index contributed by atoms with van der Waals surface area (Å²) in [7, 11) is 3.26. The first kappa shape index (κ1) is 16.0. The Bertz CT molecular complexity index is 742. The second-order valence-electron chi connectivity index (χ2n) is 4.93. The number of carbonyl (C=O) groups excluding carboxylic acids is 2. The van der Waals surface area contributed by atoms with E-state index in [2.05, 4.69) is 15.3 Å². The number of nitrogens with zero attached hydrogens (tertiary/aromatic N) is 3. The van der Waals surface area contributed by atoms with E-state index in [4.69, 9.17) is 0 Å². The van der Waals surface area contributed by atoms with Crippen LogP contribution in [0.3, 0.4) is 0 Å². The molecule has 0 aliphatic rings. The molecule has 0 spiro atoms. The summed E-state index contributed by atoms with van der Waals surface area (Å²) in [6.07, 6.45) is 1.41. The molecule has 6 nitrogen and oxygen atoms in total. The number of anilines is 1. The maximum atomic E-state index is 13.7. The highest BCUT2D eigenvalue weighted by Crippen LogP contribution is 2.24. The minimum Gasteiger partial charge on any atom is -0.344 e. The highest BCUT2D eigenvalue weighted by molar-refractivity contribution is 7.17. The predicted molar refractivity (Wildman–Crippen MR) is 81.8 cm³/mol. The lowest BCUT2D eigenvalue weighted by Crippen LogP contribution is -2.21. The van der Waals surface area contributed by atoms with Crippen LogP contribution in [0, 0.1) is 19.7 Å². The Balaban J connectivity index is 2.22. The number of hydrogen-bond acceptors (Lipinski definition) is 5. The third-order valence-corrected chi connectivity index (χ3v) is 3.87. The fourth-order valence-electron chi connectivity index (χ4n) is 1.71. The van der Waals surface area contributed by atoms with Gasteiger partial charge in [0.25, 0.3) is 11.8 Å². The Kier molecular flexibility index (Phi) is 4.51. The largest absolute Gasteiger partial charge is 0.344 e. The fraction of sp³-hybridized carbons (Fsp3) is 0.286. The third kappa shape index (κ3) is 3.28. The van der Waals surface area contributed by atoms with E-state index in [0.29, 0.717) is 16.1 Å². The van der Waals surface area contributed by atoms with E-state index in [1.807, 2.05) is 0 Å². The summed E-state index contributed by atoms with van der Waals surface area (Å²) in [5.41, 5.74) is 0.827. The van der Waals surface area contributed by atoms with E-state index in [9.17, 15) is 14.0 Å². The molecule has 2 rings (SSSR count). The van der Waals surface area contributed by atoms with Gasteiger partial charge in [-0.2, -0.15) is 0 Å². The van der Waals surface area contributed by atoms with Gasteiger partial charge in [-0.15, -0.1) is 0 Å². The van der Waals surface area contributed by atoms with Crippen molar-refractivity contribution in [1.29, 1.82) is 0 Å². The van der Waals surface area contributed by atoms with Crippen molar-refractivity contribution >= 4 is 28.3 Å². The summed E-state index contributed by atoms with van der Waals surface area (Å²) in [5.74, 6) is -1.60. The molecule has 0 saturated heterocycles.